The predicted molar refractivity (Wildman–Crippen MR) is 139 cm³/mol. The summed E-state index contributed by atoms with van der Waals surface area (Å²) >= 11 is 0. The van der Waals surface area contributed by atoms with Gasteiger partial charge in [-0.25, -0.2) is 9.59 Å². The molecule has 196 valence electrons. The molecule has 2 saturated carbocycles. The summed E-state index contributed by atoms with van der Waals surface area (Å²) in [6, 6.07) is 20.7. The van der Waals surface area contributed by atoms with Crippen molar-refractivity contribution in [3.8, 4) is 5.75 Å². The number of hydrogen-bond acceptors (Lipinski definition) is 7. The van der Waals surface area contributed by atoms with E-state index in [1.807, 2.05) is 0 Å². The molecule has 2 amide bonds. The molecule has 1 heterocycles. The summed E-state index contributed by atoms with van der Waals surface area (Å²) in [7, 11) is 0. The lowest BCUT2D eigenvalue weighted by Crippen LogP contribution is -2.32. The summed E-state index contributed by atoms with van der Waals surface area (Å²) in [4.78, 5) is 64.9. The first-order valence-corrected chi connectivity index (χ1v) is 13.0. The van der Waals surface area contributed by atoms with Gasteiger partial charge in [0.2, 0.25) is 11.8 Å². The van der Waals surface area contributed by atoms with E-state index in [0.29, 0.717) is 11.3 Å². The number of amides is 2. The Kier molecular flexibility index (Phi) is 6.30. The van der Waals surface area contributed by atoms with Crippen LogP contribution in [-0.2, 0) is 14.3 Å². The van der Waals surface area contributed by atoms with Gasteiger partial charge in [-0.05, 0) is 85.7 Å². The second kappa shape index (κ2) is 9.94. The number of imide groups is 1. The van der Waals surface area contributed by atoms with Gasteiger partial charge in [0.25, 0.3) is 0 Å². The molecule has 3 aromatic carbocycles. The Morgan fingerprint density at radius 2 is 1.36 bits per heavy atom. The van der Waals surface area contributed by atoms with Crippen LogP contribution in [-0.4, -0.2) is 36.1 Å². The van der Waals surface area contributed by atoms with Gasteiger partial charge < -0.3 is 9.47 Å². The number of anilines is 1. The highest BCUT2D eigenvalue weighted by Gasteiger charge is 2.61. The molecule has 0 aromatic heterocycles. The van der Waals surface area contributed by atoms with Crippen molar-refractivity contribution in [2.75, 3.05) is 11.5 Å². The minimum absolute atomic E-state index is 0.143. The maximum Gasteiger partial charge on any atom is 0.343 e. The monoisotopic (exact) mass is 523 g/mol. The van der Waals surface area contributed by atoms with Crippen LogP contribution in [0.1, 0.15) is 50.3 Å². The molecule has 8 heteroatoms. The second-order valence-electron chi connectivity index (χ2n) is 10.2. The highest BCUT2D eigenvalue weighted by Crippen LogP contribution is 2.56. The highest BCUT2D eigenvalue weighted by atomic mass is 16.5. The van der Waals surface area contributed by atoms with Crippen molar-refractivity contribution in [3.63, 3.8) is 0 Å². The maximum absolute atomic E-state index is 13.1. The lowest BCUT2D eigenvalue weighted by Gasteiger charge is -2.19. The fraction of sp³-hybridized carbons (Fsp3) is 0.258. The van der Waals surface area contributed by atoms with Crippen LogP contribution in [0.4, 0.5) is 5.69 Å². The number of carbonyl (C=O) groups is 5. The van der Waals surface area contributed by atoms with Crippen molar-refractivity contribution >= 4 is 35.2 Å². The van der Waals surface area contributed by atoms with E-state index in [1.54, 1.807) is 42.5 Å². The first-order chi connectivity index (χ1) is 18.9. The average Bonchev–Trinajstić information content (AvgIpc) is 3.66. The average molecular weight is 524 g/mol. The number of fused-ring (bicyclic) bond motifs is 5. The fourth-order valence-corrected chi connectivity index (χ4v) is 6.18. The zero-order valence-electron chi connectivity index (χ0n) is 20.9. The summed E-state index contributed by atoms with van der Waals surface area (Å²) in [6.45, 7) is -0.499. The van der Waals surface area contributed by atoms with Gasteiger partial charge >= 0.3 is 11.9 Å². The Hall–Kier alpha value is -4.59. The molecule has 4 unspecified atom stereocenters. The smallest absolute Gasteiger partial charge is 0.343 e. The Morgan fingerprint density at radius 3 is 2.03 bits per heavy atom. The van der Waals surface area contributed by atoms with Crippen molar-refractivity contribution in [2.45, 2.75) is 19.3 Å². The van der Waals surface area contributed by atoms with Gasteiger partial charge in [-0.1, -0.05) is 24.3 Å². The maximum atomic E-state index is 13.1. The van der Waals surface area contributed by atoms with Gasteiger partial charge in [-0.15, -0.1) is 0 Å². The van der Waals surface area contributed by atoms with E-state index in [-0.39, 0.29) is 52.4 Å². The summed E-state index contributed by atoms with van der Waals surface area (Å²) < 4.78 is 10.5. The third-order valence-electron chi connectivity index (χ3n) is 8.00. The van der Waals surface area contributed by atoms with Gasteiger partial charge in [0, 0.05) is 5.56 Å². The summed E-state index contributed by atoms with van der Waals surface area (Å²) in [5.74, 6) is -1.75. The van der Waals surface area contributed by atoms with Crippen LogP contribution in [0.25, 0.3) is 0 Å². The first kappa shape index (κ1) is 24.7. The number of ether oxygens (including phenoxy) is 2. The third kappa shape index (κ3) is 4.52. The van der Waals surface area contributed by atoms with Crippen LogP contribution in [0.15, 0.2) is 78.9 Å². The van der Waals surface area contributed by atoms with Gasteiger partial charge in [-0.2, -0.15) is 0 Å². The molecular formula is C31H25NO7. The SMILES string of the molecule is O=C(COC(=O)c1cccc(N2C(=O)C3C4CCC(C4)C3C2=O)c1)c1ccc(OC(=O)c2ccccc2)cc1. The predicted octanol–water partition coefficient (Wildman–Crippen LogP) is 4.48. The van der Waals surface area contributed by atoms with E-state index < -0.39 is 24.3 Å². The molecule has 3 fully saturated rings. The zero-order valence-corrected chi connectivity index (χ0v) is 20.9. The van der Waals surface area contributed by atoms with E-state index >= 15 is 0 Å². The highest BCUT2D eigenvalue weighted by molar-refractivity contribution is 6.22. The number of nitrogens with zero attached hydrogens (tertiary/aromatic N) is 1. The molecule has 1 aliphatic heterocycles. The first-order valence-electron chi connectivity index (χ1n) is 13.0. The minimum atomic E-state index is -0.738. The molecule has 39 heavy (non-hydrogen) atoms. The Bertz CT molecular complexity index is 1450. The molecule has 0 radical (unpaired) electrons. The molecule has 4 atom stereocenters. The van der Waals surface area contributed by atoms with Gasteiger partial charge in [0.15, 0.2) is 12.4 Å². The van der Waals surface area contributed by atoms with Crippen LogP contribution in [0.3, 0.4) is 0 Å². The number of Topliss-reactive ketones (excluding diaryl/α,β-unsaturated/α-hetero) is 1. The van der Waals surface area contributed by atoms with Crippen LogP contribution < -0.4 is 9.64 Å². The third-order valence-corrected chi connectivity index (χ3v) is 8.00. The molecule has 8 nitrogen and oxygen atoms in total. The lowest BCUT2D eigenvalue weighted by molar-refractivity contribution is -0.123. The van der Waals surface area contributed by atoms with Crippen molar-refractivity contribution in [2.24, 2.45) is 23.7 Å². The number of hydrogen-bond donors (Lipinski definition) is 0. The largest absolute Gasteiger partial charge is 0.454 e. The van der Waals surface area contributed by atoms with Gasteiger partial charge in [0.1, 0.15) is 5.75 Å². The number of ketones is 1. The zero-order chi connectivity index (χ0) is 27.1. The number of benzene rings is 3. The van der Waals surface area contributed by atoms with Crippen molar-refractivity contribution in [1.82, 2.24) is 0 Å². The Balaban J connectivity index is 1.07. The van der Waals surface area contributed by atoms with Crippen LogP contribution in [0.2, 0.25) is 0 Å². The molecule has 3 aromatic rings. The molecule has 2 bridgehead atoms. The Labute approximate surface area is 224 Å². The van der Waals surface area contributed by atoms with E-state index in [2.05, 4.69) is 0 Å². The van der Waals surface area contributed by atoms with Crippen LogP contribution in [0, 0.1) is 23.7 Å². The quantitative estimate of drug-likeness (QED) is 0.195. The summed E-state index contributed by atoms with van der Waals surface area (Å²) in [6.07, 6.45) is 2.92. The van der Waals surface area contributed by atoms with Crippen molar-refractivity contribution in [3.05, 3.63) is 95.6 Å². The summed E-state index contributed by atoms with van der Waals surface area (Å²) in [5.41, 5.74) is 1.18. The van der Waals surface area contributed by atoms with Gasteiger partial charge in [-0.3, -0.25) is 19.3 Å². The standard InChI is InChI=1S/C31H25NO7/c33-25(18-11-13-24(14-12-18)39-31(37)19-5-2-1-3-6-19)17-38-30(36)22-7-4-8-23(16-22)32-28(34)26-20-9-10-21(15-20)27(26)29(32)35/h1-8,11-14,16,20-21,26-27H,9-10,15,17H2. The molecule has 1 saturated heterocycles. The topological polar surface area (TPSA) is 107 Å². The Morgan fingerprint density at radius 1 is 0.718 bits per heavy atom. The van der Waals surface area contributed by atoms with E-state index in [4.69, 9.17) is 9.47 Å². The summed E-state index contributed by atoms with van der Waals surface area (Å²) in [5, 5.41) is 0. The number of esters is 2. The van der Waals surface area contributed by atoms with Crippen LogP contribution >= 0.6 is 0 Å². The van der Waals surface area contributed by atoms with E-state index in [9.17, 15) is 24.0 Å². The van der Waals surface area contributed by atoms with Gasteiger partial charge in [0.05, 0.1) is 28.7 Å². The number of rotatable bonds is 7. The minimum Gasteiger partial charge on any atom is -0.454 e. The normalized spacial score (nSPS) is 23.0. The molecule has 0 spiro atoms. The van der Waals surface area contributed by atoms with Crippen molar-refractivity contribution < 1.29 is 33.4 Å². The lowest BCUT2D eigenvalue weighted by atomic mass is 9.81. The fourth-order valence-electron chi connectivity index (χ4n) is 6.18. The molecule has 2 aliphatic carbocycles. The number of carbonyl (C=O) groups excluding carboxylic acids is 5. The van der Waals surface area contributed by atoms with Crippen molar-refractivity contribution in [1.29, 1.82) is 0 Å². The second-order valence-corrected chi connectivity index (χ2v) is 10.2. The van der Waals surface area contributed by atoms with E-state index in [1.165, 1.54) is 41.3 Å². The molecule has 0 N–H and O–H groups in total. The molecule has 3 aliphatic rings. The molecule has 6 rings (SSSR count). The molecular weight excluding hydrogens is 498 g/mol. The van der Waals surface area contributed by atoms with Crippen LogP contribution in [0.5, 0.6) is 5.75 Å². The van der Waals surface area contributed by atoms with E-state index in [0.717, 1.165) is 19.3 Å².